The van der Waals surface area contributed by atoms with Crippen LogP contribution in [0.15, 0.2) is 18.2 Å². The van der Waals surface area contributed by atoms with Crippen molar-refractivity contribution in [1.82, 2.24) is 0 Å². The molecule has 4 nitrogen and oxygen atoms in total. The Kier molecular flexibility index (Phi) is 2.88. The molecule has 21 heavy (non-hydrogen) atoms. The van der Waals surface area contributed by atoms with E-state index in [-0.39, 0.29) is 11.8 Å². The molecule has 112 valence electrons. The molecule has 2 atom stereocenters. The molecule has 0 saturated heterocycles. The first-order valence-electron chi connectivity index (χ1n) is 7.98. The average Bonchev–Trinajstić information content (AvgIpc) is 3.10. The fourth-order valence-electron chi connectivity index (χ4n) is 3.39. The number of fused-ring (bicyclic) bond motifs is 1. The van der Waals surface area contributed by atoms with Gasteiger partial charge in [0.25, 0.3) is 5.79 Å². The molecule has 1 heterocycles. The summed E-state index contributed by atoms with van der Waals surface area (Å²) >= 11 is 0. The van der Waals surface area contributed by atoms with Crippen molar-refractivity contribution in [2.75, 3.05) is 5.32 Å². The van der Waals surface area contributed by atoms with E-state index in [0.29, 0.717) is 5.92 Å². The molecule has 1 aromatic carbocycles. The van der Waals surface area contributed by atoms with Crippen LogP contribution in [0.5, 0.6) is 11.5 Å². The van der Waals surface area contributed by atoms with Crippen LogP contribution in [0.3, 0.4) is 0 Å². The van der Waals surface area contributed by atoms with Crippen LogP contribution in [0.1, 0.15) is 45.4 Å². The average molecular weight is 287 g/mol. The van der Waals surface area contributed by atoms with Gasteiger partial charge >= 0.3 is 0 Å². The van der Waals surface area contributed by atoms with E-state index in [9.17, 15) is 4.79 Å². The molecule has 1 aromatic rings. The minimum atomic E-state index is -0.450. The van der Waals surface area contributed by atoms with Crippen LogP contribution in [0.2, 0.25) is 0 Å². The second-order valence-corrected chi connectivity index (χ2v) is 6.65. The minimum absolute atomic E-state index is 0.119. The third kappa shape index (κ3) is 2.37. The molecule has 1 amide bonds. The van der Waals surface area contributed by atoms with Gasteiger partial charge in [-0.15, -0.1) is 0 Å². The van der Waals surface area contributed by atoms with Gasteiger partial charge in [-0.2, -0.15) is 0 Å². The molecule has 3 aliphatic rings. The molecule has 2 aliphatic carbocycles. The van der Waals surface area contributed by atoms with Crippen LogP contribution in [-0.4, -0.2) is 11.7 Å². The topological polar surface area (TPSA) is 47.6 Å². The Morgan fingerprint density at radius 3 is 2.62 bits per heavy atom. The lowest BCUT2D eigenvalue weighted by Gasteiger charge is -2.31. The van der Waals surface area contributed by atoms with Crippen LogP contribution in [-0.2, 0) is 4.79 Å². The summed E-state index contributed by atoms with van der Waals surface area (Å²) in [7, 11) is 0. The Hall–Kier alpha value is -1.71. The first kappa shape index (κ1) is 13.0. The summed E-state index contributed by atoms with van der Waals surface area (Å²) in [5, 5.41) is 2.98. The van der Waals surface area contributed by atoms with E-state index < -0.39 is 5.79 Å². The van der Waals surface area contributed by atoms with Gasteiger partial charge in [0.05, 0.1) is 0 Å². The number of benzene rings is 1. The fourth-order valence-corrected chi connectivity index (χ4v) is 3.39. The number of amides is 1. The number of anilines is 1. The second kappa shape index (κ2) is 4.65. The van der Waals surface area contributed by atoms with E-state index in [1.54, 1.807) is 0 Å². The van der Waals surface area contributed by atoms with Gasteiger partial charge < -0.3 is 14.8 Å². The number of hydrogen-bond acceptors (Lipinski definition) is 3. The number of rotatable bonds is 2. The molecule has 1 aliphatic heterocycles. The predicted octanol–water partition coefficient (Wildman–Crippen LogP) is 3.71. The zero-order valence-electron chi connectivity index (χ0n) is 12.4. The molecule has 0 bridgehead atoms. The lowest BCUT2D eigenvalue weighted by atomic mass is 9.94. The third-order valence-electron chi connectivity index (χ3n) is 4.86. The van der Waals surface area contributed by atoms with Gasteiger partial charge in [-0.25, -0.2) is 0 Å². The Balaban J connectivity index is 1.49. The Morgan fingerprint density at radius 2 is 1.90 bits per heavy atom. The molecular weight excluding hydrogens is 266 g/mol. The maximum atomic E-state index is 12.0. The highest BCUT2D eigenvalue weighted by Crippen LogP contribution is 2.46. The van der Waals surface area contributed by atoms with Crippen LogP contribution in [0, 0.1) is 11.8 Å². The van der Waals surface area contributed by atoms with Gasteiger partial charge in [0.15, 0.2) is 11.5 Å². The zero-order chi connectivity index (χ0) is 14.4. The van der Waals surface area contributed by atoms with E-state index in [4.69, 9.17) is 9.47 Å². The zero-order valence-corrected chi connectivity index (χ0v) is 12.4. The first-order chi connectivity index (χ1) is 10.2. The maximum absolute atomic E-state index is 12.0. The summed E-state index contributed by atoms with van der Waals surface area (Å²) in [6, 6.07) is 5.70. The SMILES string of the molecule is CC1CC1C(=O)Nc1ccc2c(c1)OC1(CCCCC1)O2. The van der Waals surface area contributed by atoms with E-state index in [0.717, 1.165) is 49.3 Å². The van der Waals surface area contributed by atoms with Crippen LogP contribution in [0.25, 0.3) is 0 Å². The van der Waals surface area contributed by atoms with Crippen molar-refractivity contribution in [1.29, 1.82) is 0 Å². The van der Waals surface area contributed by atoms with Crippen molar-refractivity contribution in [3.05, 3.63) is 18.2 Å². The van der Waals surface area contributed by atoms with Crippen molar-refractivity contribution in [2.24, 2.45) is 11.8 Å². The smallest absolute Gasteiger partial charge is 0.251 e. The molecule has 0 radical (unpaired) electrons. The maximum Gasteiger partial charge on any atom is 0.251 e. The second-order valence-electron chi connectivity index (χ2n) is 6.65. The van der Waals surface area contributed by atoms with Gasteiger partial charge in [0.1, 0.15) is 0 Å². The van der Waals surface area contributed by atoms with Crippen molar-refractivity contribution < 1.29 is 14.3 Å². The molecule has 1 N–H and O–H groups in total. The van der Waals surface area contributed by atoms with E-state index >= 15 is 0 Å². The molecule has 4 heteroatoms. The highest BCUT2D eigenvalue weighted by atomic mass is 16.7. The molecule has 2 unspecified atom stereocenters. The highest BCUT2D eigenvalue weighted by Gasteiger charge is 2.43. The monoisotopic (exact) mass is 287 g/mol. The summed E-state index contributed by atoms with van der Waals surface area (Å²) in [4.78, 5) is 12.0. The van der Waals surface area contributed by atoms with Gasteiger partial charge in [-0.05, 0) is 37.3 Å². The van der Waals surface area contributed by atoms with Crippen molar-refractivity contribution in [3.8, 4) is 11.5 Å². The predicted molar refractivity (Wildman–Crippen MR) is 79.4 cm³/mol. The molecule has 4 rings (SSSR count). The minimum Gasteiger partial charge on any atom is -0.448 e. The molecular formula is C17H21NO3. The van der Waals surface area contributed by atoms with Gasteiger partial charge in [-0.3, -0.25) is 4.79 Å². The van der Waals surface area contributed by atoms with Gasteiger partial charge in [0.2, 0.25) is 5.91 Å². The van der Waals surface area contributed by atoms with Crippen LogP contribution < -0.4 is 14.8 Å². The number of nitrogens with one attached hydrogen (secondary N) is 1. The van der Waals surface area contributed by atoms with E-state index in [1.165, 1.54) is 6.42 Å². The number of carbonyl (C=O) groups is 1. The summed E-state index contributed by atoms with van der Waals surface area (Å²) < 4.78 is 12.1. The summed E-state index contributed by atoms with van der Waals surface area (Å²) in [5.74, 6) is 1.93. The Morgan fingerprint density at radius 1 is 1.19 bits per heavy atom. The van der Waals surface area contributed by atoms with Crippen LogP contribution in [0.4, 0.5) is 5.69 Å². The van der Waals surface area contributed by atoms with Gasteiger partial charge in [-0.1, -0.05) is 13.3 Å². The normalized spacial score (nSPS) is 28.4. The summed E-state index contributed by atoms with van der Waals surface area (Å²) in [6.45, 7) is 2.11. The lowest BCUT2D eigenvalue weighted by molar-refractivity contribution is -0.117. The van der Waals surface area contributed by atoms with Crippen molar-refractivity contribution in [2.45, 2.75) is 51.2 Å². The number of hydrogen-bond donors (Lipinski definition) is 1. The van der Waals surface area contributed by atoms with Crippen LogP contribution >= 0.6 is 0 Å². The number of carbonyl (C=O) groups excluding carboxylic acids is 1. The van der Waals surface area contributed by atoms with E-state index in [2.05, 4.69) is 12.2 Å². The quantitative estimate of drug-likeness (QED) is 0.902. The molecule has 1 spiro atoms. The van der Waals surface area contributed by atoms with Crippen molar-refractivity contribution >= 4 is 11.6 Å². The fraction of sp³-hybridized carbons (Fsp3) is 0.588. The molecule has 2 fully saturated rings. The summed E-state index contributed by atoms with van der Waals surface area (Å²) in [6.07, 6.45) is 6.45. The third-order valence-corrected chi connectivity index (χ3v) is 4.86. The van der Waals surface area contributed by atoms with Gasteiger partial charge in [0, 0.05) is 30.5 Å². The largest absolute Gasteiger partial charge is 0.448 e. The molecule has 0 aromatic heterocycles. The highest BCUT2D eigenvalue weighted by molar-refractivity contribution is 5.94. The lowest BCUT2D eigenvalue weighted by Crippen LogP contribution is -2.40. The standard InChI is InChI=1S/C17H21NO3/c1-11-9-13(11)16(19)18-12-5-6-14-15(10-12)21-17(20-14)7-3-2-4-8-17/h5-6,10-11,13H,2-4,7-9H2,1H3,(H,18,19). The first-order valence-corrected chi connectivity index (χ1v) is 7.98. The van der Waals surface area contributed by atoms with E-state index in [1.807, 2.05) is 18.2 Å². The summed E-state index contributed by atoms with van der Waals surface area (Å²) in [5.41, 5.74) is 0.800. The Bertz CT molecular complexity index is 577. The van der Waals surface area contributed by atoms with Crippen molar-refractivity contribution in [3.63, 3.8) is 0 Å². The Labute approximate surface area is 124 Å². The molecule has 2 saturated carbocycles. The number of ether oxygens (including phenoxy) is 2.